The van der Waals surface area contributed by atoms with Crippen molar-refractivity contribution >= 4 is 11.7 Å². The molecule has 1 aromatic rings. The standard InChI is InChI=1S/C9H19N.C7H7NO2/c1-2-8-10-9-6-4-3-5-7-9;8-6-3-1-5(2-4-6)7(9)10/h9-10H,2-8H2,1H3;1-4H,8H2,(H,9,10). The quantitative estimate of drug-likeness (QED) is 0.739. The molecule has 0 saturated heterocycles. The molecule has 1 aromatic carbocycles. The maximum Gasteiger partial charge on any atom is 0.335 e. The van der Waals surface area contributed by atoms with Crippen LogP contribution in [0, 0.1) is 0 Å². The summed E-state index contributed by atoms with van der Waals surface area (Å²) in [6, 6.07) is 6.91. The van der Waals surface area contributed by atoms with E-state index in [1.165, 1.54) is 57.2 Å². The van der Waals surface area contributed by atoms with Gasteiger partial charge in [0.15, 0.2) is 0 Å². The van der Waals surface area contributed by atoms with Crippen LogP contribution in [0.25, 0.3) is 0 Å². The van der Waals surface area contributed by atoms with Crippen molar-refractivity contribution in [3.63, 3.8) is 0 Å². The van der Waals surface area contributed by atoms with Crippen molar-refractivity contribution in [3.05, 3.63) is 29.8 Å². The Bertz CT molecular complexity index is 384. The summed E-state index contributed by atoms with van der Waals surface area (Å²) < 4.78 is 0. The van der Waals surface area contributed by atoms with Gasteiger partial charge in [-0.1, -0.05) is 26.2 Å². The van der Waals surface area contributed by atoms with E-state index >= 15 is 0 Å². The number of carbonyl (C=O) groups is 1. The molecular formula is C16H26N2O2. The third kappa shape index (κ3) is 6.57. The van der Waals surface area contributed by atoms with Crippen molar-refractivity contribution < 1.29 is 9.90 Å². The van der Waals surface area contributed by atoms with E-state index in [0.29, 0.717) is 5.69 Å². The number of benzene rings is 1. The van der Waals surface area contributed by atoms with E-state index < -0.39 is 5.97 Å². The van der Waals surface area contributed by atoms with Gasteiger partial charge in [-0.15, -0.1) is 0 Å². The van der Waals surface area contributed by atoms with E-state index in [2.05, 4.69) is 12.2 Å². The predicted molar refractivity (Wildman–Crippen MR) is 83.0 cm³/mol. The molecule has 0 aliphatic heterocycles. The molecule has 0 radical (unpaired) electrons. The molecule has 1 aliphatic carbocycles. The zero-order chi connectivity index (χ0) is 14.8. The predicted octanol–water partition coefficient (Wildman–Crippen LogP) is 3.29. The molecule has 0 heterocycles. The molecule has 112 valence electrons. The Morgan fingerprint density at radius 3 is 2.35 bits per heavy atom. The van der Waals surface area contributed by atoms with Gasteiger partial charge in [-0.2, -0.15) is 0 Å². The number of hydrogen-bond acceptors (Lipinski definition) is 3. The smallest absolute Gasteiger partial charge is 0.335 e. The van der Waals surface area contributed by atoms with Gasteiger partial charge in [0.25, 0.3) is 0 Å². The van der Waals surface area contributed by atoms with E-state index in [9.17, 15) is 4.79 Å². The van der Waals surface area contributed by atoms with Crippen LogP contribution in [0.4, 0.5) is 5.69 Å². The van der Waals surface area contributed by atoms with Gasteiger partial charge in [0.2, 0.25) is 0 Å². The Hall–Kier alpha value is -1.55. The Morgan fingerprint density at radius 1 is 1.25 bits per heavy atom. The summed E-state index contributed by atoms with van der Waals surface area (Å²) >= 11 is 0. The first-order valence-corrected chi connectivity index (χ1v) is 7.45. The molecule has 4 heteroatoms. The highest BCUT2D eigenvalue weighted by atomic mass is 16.4. The number of aromatic carboxylic acids is 1. The van der Waals surface area contributed by atoms with Crippen LogP contribution in [0.15, 0.2) is 24.3 Å². The topological polar surface area (TPSA) is 75.3 Å². The van der Waals surface area contributed by atoms with Crippen LogP contribution >= 0.6 is 0 Å². The minimum Gasteiger partial charge on any atom is -0.478 e. The second-order valence-electron chi connectivity index (χ2n) is 5.22. The van der Waals surface area contributed by atoms with Gasteiger partial charge in [-0.05, 0) is 50.1 Å². The van der Waals surface area contributed by atoms with Crippen LogP contribution in [-0.4, -0.2) is 23.7 Å². The summed E-state index contributed by atoms with van der Waals surface area (Å²) in [5.74, 6) is -0.931. The first-order valence-electron chi connectivity index (χ1n) is 7.45. The van der Waals surface area contributed by atoms with Crippen LogP contribution in [0.1, 0.15) is 55.8 Å². The summed E-state index contributed by atoms with van der Waals surface area (Å²) in [5, 5.41) is 12.0. The second-order valence-corrected chi connectivity index (χ2v) is 5.22. The normalized spacial score (nSPS) is 15.2. The van der Waals surface area contributed by atoms with Crippen molar-refractivity contribution in [2.24, 2.45) is 0 Å². The first kappa shape index (κ1) is 16.5. The summed E-state index contributed by atoms with van der Waals surface area (Å²) in [5.41, 5.74) is 6.17. The largest absolute Gasteiger partial charge is 0.478 e. The van der Waals surface area contributed by atoms with Crippen LogP contribution in [0.5, 0.6) is 0 Å². The van der Waals surface area contributed by atoms with Crippen LogP contribution in [-0.2, 0) is 0 Å². The molecule has 0 amide bonds. The Morgan fingerprint density at radius 2 is 1.85 bits per heavy atom. The van der Waals surface area contributed by atoms with E-state index in [1.807, 2.05) is 0 Å². The maximum atomic E-state index is 10.3. The van der Waals surface area contributed by atoms with Crippen molar-refractivity contribution in [2.75, 3.05) is 12.3 Å². The second kappa shape index (κ2) is 9.37. The van der Waals surface area contributed by atoms with Crippen molar-refractivity contribution in [3.8, 4) is 0 Å². The number of nitrogens with one attached hydrogen (secondary N) is 1. The average molecular weight is 278 g/mol. The fourth-order valence-corrected chi connectivity index (χ4v) is 2.28. The van der Waals surface area contributed by atoms with Crippen LogP contribution in [0.2, 0.25) is 0 Å². The van der Waals surface area contributed by atoms with Crippen molar-refractivity contribution in [1.29, 1.82) is 0 Å². The van der Waals surface area contributed by atoms with Gasteiger partial charge >= 0.3 is 5.97 Å². The molecule has 1 saturated carbocycles. The van der Waals surface area contributed by atoms with E-state index in [4.69, 9.17) is 10.8 Å². The number of carboxylic acids is 1. The summed E-state index contributed by atoms with van der Waals surface area (Å²) in [4.78, 5) is 10.3. The van der Waals surface area contributed by atoms with Gasteiger partial charge in [-0.25, -0.2) is 4.79 Å². The molecule has 0 aromatic heterocycles. The lowest BCUT2D eigenvalue weighted by Gasteiger charge is -2.22. The molecular weight excluding hydrogens is 252 g/mol. The highest BCUT2D eigenvalue weighted by Crippen LogP contribution is 2.16. The molecule has 0 spiro atoms. The SMILES string of the molecule is CCCNC1CCCCC1.Nc1ccc(C(=O)O)cc1. The number of carboxylic acid groups (broad SMARTS) is 1. The van der Waals surface area contributed by atoms with Gasteiger partial charge < -0.3 is 16.2 Å². The molecule has 0 unspecified atom stereocenters. The lowest BCUT2D eigenvalue weighted by Crippen LogP contribution is -2.31. The summed E-state index contributed by atoms with van der Waals surface area (Å²) in [6.07, 6.45) is 8.46. The number of rotatable bonds is 4. The molecule has 4 nitrogen and oxygen atoms in total. The number of nitrogen functional groups attached to an aromatic ring is 1. The van der Waals surface area contributed by atoms with E-state index in [1.54, 1.807) is 12.1 Å². The average Bonchev–Trinajstić information content (AvgIpc) is 2.47. The monoisotopic (exact) mass is 278 g/mol. The molecule has 0 atom stereocenters. The lowest BCUT2D eigenvalue weighted by atomic mass is 9.95. The summed E-state index contributed by atoms with van der Waals surface area (Å²) in [7, 11) is 0. The fourth-order valence-electron chi connectivity index (χ4n) is 2.28. The maximum absolute atomic E-state index is 10.3. The zero-order valence-electron chi connectivity index (χ0n) is 12.3. The fraction of sp³-hybridized carbons (Fsp3) is 0.562. The Kier molecular flexibility index (Phi) is 7.73. The van der Waals surface area contributed by atoms with Crippen molar-refractivity contribution in [2.45, 2.75) is 51.5 Å². The lowest BCUT2D eigenvalue weighted by molar-refractivity contribution is 0.0697. The van der Waals surface area contributed by atoms with Crippen LogP contribution in [0.3, 0.4) is 0 Å². The highest BCUT2D eigenvalue weighted by Gasteiger charge is 2.10. The van der Waals surface area contributed by atoms with Gasteiger partial charge in [-0.3, -0.25) is 0 Å². The molecule has 0 bridgehead atoms. The van der Waals surface area contributed by atoms with E-state index in [0.717, 1.165) is 6.04 Å². The van der Waals surface area contributed by atoms with E-state index in [-0.39, 0.29) is 5.56 Å². The van der Waals surface area contributed by atoms with Gasteiger partial charge in [0.05, 0.1) is 5.56 Å². The van der Waals surface area contributed by atoms with Crippen molar-refractivity contribution in [1.82, 2.24) is 5.32 Å². The molecule has 1 aliphatic rings. The first-order chi connectivity index (χ1) is 9.63. The number of anilines is 1. The third-order valence-corrected chi connectivity index (χ3v) is 3.45. The minimum absolute atomic E-state index is 0.259. The van der Waals surface area contributed by atoms with Gasteiger partial charge in [0, 0.05) is 11.7 Å². The van der Waals surface area contributed by atoms with Crippen LogP contribution < -0.4 is 11.1 Å². The Balaban J connectivity index is 0.000000200. The third-order valence-electron chi connectivity index (χ3n) is 3.45. The van der Waals surface area contributed by atoms with Gasteiger partial charge in [0.1, 0.15) is 0 Å². The Labute approximate surface area is 121 Å². The molecule has 4 N–H and O–H groups in total. The molecule has 1 fully saturated rings. The zero-order valence-corrected chi connectivity index (χ0v) is 12.3. The number of hydrogen-bond donors (Lipinski definition) is 3. The minimum atomic E-state index is -0.931. The molecule has 20 heavy (non-hydrogen) atoms. The number of nitrogens with two attached hydrogens (primary N) is 1. The summed E-state index contributed by atoms with van der Waals surface area (Å²) in [6.45, 7) is 3.44. The molecule has 2 rings (SSSR count). The highest BCUT2D eigenvalue weighted by molar-refractivity contribution is 5.87.